The third kappa shape index (κ3) is 7.06. The Morgan fingerprint density at radius 1 is 1.19 bits per heavy atom. The lowest BCUT2D eigenvalue weighted by Gasteiger charge is -2.29. The Labute approximate surface area is 200 Å². The number of ketones is 1. The number of H-pyrrole nitrogens is 1. The Morgan fingerprint density at radius 3 is 2.62 bits per heavy atom. The van der Waals surface area contributed by atoms with Gasteiger partial charge in [0.05, 0.1) is 28.0 Å². The van der Waals surface area contributed by atoms with Gasteiger partial charge in [-0.15, -0.1) is 0 Å². The minimum atomic E-state index is -0.198. The van der Waals surface area contributed by atoms with E-state index in [1.165, 1.54) is 0 Å². The third-order valence-electron chi connectivity index (χ3n) is 6.08. The van der Waals surface area contributed by atoms with Crippen LogP contribution in [0, 0.1) is 5.92 Å². The van der Waals surface area contributed by atoms with E-state index in [2.05, 4.69) is 27.2 Å². The normalized spacial score (nSPS) is 16.1. The Hall–Kier alpha value is -1.89. The van der Waals surface area contributed by atoms with Crippen molar-refractivity contribution in [1.82, 2.24) is 20.2 Å². The van der Waals surface area contributed by atoms with E-state index in [0.717, 1.165) is 68.7 Å². The van der Waals surface area contributed by atoms with Gasteiger partial charge in [0, 0.05) is 17.9 Å². The molecule has 0 bridgehead atoms. The van der Waals surface area contributed by atoms with Crippen LogP contribution in [0.3, 0.4) is 0 Å². The molecule has 0 radical (unpaired) electrons. The van der Waals surface area contributed by atoms with Gasteiger partial charge >= 0.3 is 0 Å². The van der Waals surface area contributed by atoms with Crippen molar-refractivity contribution in [2.45, 2.75) is 57.9 Å². The number of nitrogens with one attached hydrogen (secondary N) is 2. The van der Waals surface area contributed by atoms with Crippen molar-refractivity contribution in [2.75, 3.05) is 20.1 Å². The zero-order chi connectivity index (χ0) is 23.1. The maximum absolute atomic E-state index is 13.0. The van der Waals surface area contributed by atoms with Crippen molar-refractivity contribution < 1.29 is 9.59 Å². The Balaban J connectivity index is 1.69. The van der Waals surface area contributed by atoms with E-state index in [0.29, 0.717) is 16.5 Å². The molecule has 1 fully saturated rings. The van der Waals surface area contributed by atoms with Gasteiger partial charge in [0.2, 0.25) is 5.91 Å². The van der Waals surface area contributed by atoms with Crippen molar-refractivity contribution in [3.05, 3.63) is 40.3 Å². The average molecular weight is 479 g/mol. The van der Waals surface area contributed by atoms with Gasteiger partial charge < -0.3 is 20.0 Å². The molecule has 1 aromatic carbocycles. The molecule has 8 heteroatoms. The van der Waals surface area contributed by atoms with Crippen molar-refractivity contribution in [2.24, 2.45) is 5.92 Å². The molecule has 0 saturated carbocycles. The zero-order valence-corrected chi connectivity index (χ0v) is 20.3. The van der Waals surface area contributed by atoms with Crippen LogP contribution < -0.4 is 5.32 Å². The number of carbonyl (C=O) groups is 2. The summed E-state index contributed by atoms with van der Waals surface area (Å²) in [6, 6.07) is 5.25. The monoisotopic (exact) mass is 478 g/mol. The van der Waals surface area contributed by atoms with E-state index in [4.69, 9.17) is 23.2 Å². The summed E-state index contributed by atoms with van der Waals surface area (Å²) < 4.78 is 0. The van der Waals surface area contributed by atoms with E-state index >= 15 is 0 Å². The molecule has 2 heterocycles. The second kappa shape index (κ2) is 11.8. The number of amides is 1. The number of aromatic nitrogens is 2. The van der Waals surface area contributed by atoms with Gasteiger partial charge in [0.1, 0.15) is 11.6 Å². The van der Waals surface area contributed by atoms with Crippen molar-refractivity contribution >= 4 is 34.9 Å². The zero-order valence-electron chi connectivity index (χ0n) is 18.8. The summed E-state index contributed by atoms with van der Waals surface area (Å²) in [4.78, 5) is 34.4. The summed E-state index contributed by atoms with van der Waals surface area (Å²) in [7, 11) is 2.09. The van der Waals surface area contributed by atoms with E-state index < -0.39 is 0 Å². The summed E-state index contributed by atoms with van der Waals surface area (Å²) in [6.07, 6.45) is 7.62. The molecular weight excluding hydrogens is 447 g/mol. The summed E-state index contributed by atoms with van der Waals surface area (Å²) in [5.41, 5.74) is 1.72. The van der Waals surface area contributed by atoms with Crippen LogP contribution in [0.25, 0.3) is 11.3 Å². The van der Waals surface area contributed by atoms with Crippen LogP contribution in [0.15, 0.2) is 24.4 Å². The van der Waals surface area contributed by atoms with Crippen LogP contribution in [-0.2, 0) is 9.59 Å². The minimum Gasteiger partial charge on any atom is -0.346 e. The molecule has 1 aliphatic heterocycles. The maximum Gasteiger partial charge on any atom is 0.223 e. The molecule has 32 heavy (non-hydrogen) atoms. The lowest BCUT2D eigenvalue weighted by molar-refractivity contribution is -0.127. The van der Waals surface area contributed by atoms with Gasteiger partial charge in [-0.3, -0.25) is 4.79 Å². The van der Waals surface area contributed by atoms with E-state index in [1.54, 1.807) is 25.3 Å². The molecule has 1 unspecified atom stereocenters. The maximum atomic E-state index is 13.0. The number of aromatic amines is 1. The number of rotatable bonds is 10. The Kier molecular flexibility index (Phi) is 9.14. The topological polar surface area (TPSA) is 78.1 Å². The summed E-state index contributed by atoms with van der Waals surface area (Å²) in [5.74, 6) is 1.09. The predicted octanol–water partition coefficient (Wildman–Crippen LogP) is 5.42. The van der Waals surface area contributed by atoms with Gasteiger partial charge in [-0.25, -0.2) is 4.98 Å². The molecule has 2 aromatic rings. The Bertz CT molecular complexity index is 922. The fourth-order valence-corrected chi connectivity index (χ4v) is 4.36. The molecule has 3 rings (SSSR count). The first-order valence-corrected chi connectivity index (χ1v) is 12.1. The Morgan fingerprint density at radius 2 is 1.94 bits per heavy atom. The predicted molar refractivity (Wildman–Crippen MR) is 129 cm³/mol. The van der Waals surface area contributed by atoms with Crippen LogP contribution in [0.5, 0.6) is 0 Å². The number of benzene rings is 1. The first kappa shape index (κ1) is 24.7. The second-order valence-corrected chi connectivity index (χ2v) is 9.57. The average Bonchev–Trinajstić information content (AvgIpc) is 3.25. The third-order valence-corrected chi connectivity index (χ3v) is 6.82. The number of halogens is 2. The molecule has 1 amide bonds. The van der Waals surface area contributed by atoms with Crippen LogP contribution in [-0.4, -0.2) is 46.7 Å². The molecule has 2 N–H and O–H groups in total. The SMILES string of the molecule is CC(=O)CCCCCC(NC(=O)C1CCN(C)CC1)c1ncc(-c2ccc(Cl)c(Cl)c2)[nH]1. The molecule has 174 valence electrons. The first-order chi connectivity index (χ1) is 15.3. The smallest absolute Gasteiger partial charge is 0.223 e. The number of hydrogen-bond acceptors (Lipinski definition) is 4. The van der Waals surface area contributed by atoms with E-state index in [-0.39, 0.29) is 23.7 Å². The van der Waals surface area contributed by atoms with Crippen LogP contribution in [0.1, 0.15) is 63.7 Å². The molecule has 0 aliphatic carbocycles. The number of imidazole rings is 1. The van der Waals surface area contributed by atoms with Crippen molar-refractivity contribution in [3.8, 4) is 11.3 Å². The van der Waals surface area contributed by atoms with E-state index in [1.807, 2.05) is 6.07 Å². The first-order valence-electron chi connectivity index (χ1n) is 11.3. The molecule has 1 atom stereocenters. The number of piperidine rings is 1. The van der Waals surface area contributed by atoms with Gasteiger partial charge in [-0.05, 0) is 64.9 Å². The molecule has 1 aromatic heterocycles. The standard InChI is InChI=1S/C24H32Cl2N4O2/c1-16(31)6-4-3-5-7-21(29-24(32)17-10-12-30(2)13-11-17)23-27-15-22(28-23)18-8-9-19(25)20(26)14-18/h8-9,14-15,17,21H,3-7,10-13H2,1-2H3,(H,27,28)(H,29,32). The number of unbranched alkanes of at least 4 members (excludes halogenated alkanes) is 2. The lowest BCUT2D eigenvalue weighted by atomic mass is 9.95. The number of nitrogens with zero attached hydrogens (tertiary/aromatic N) is 2. The molecule has 1 aliphatic rings. The molecule has 6 nitrogen and oxygen atoms in total. The van der Waals surface area contributed by atoms with Crippen molar-refractivity contribution in [1.29, 1.82) is 0 Å². The highest BCUT2D eigenvalue weighted by molar-refractivity contribution is 6.42. The lowest BCUT2D eigenvalue weighted by Crippen LogP contribution is -2.40. The van der Waals surface area contributed by atoms with Gasteiger partial charge in [0.25, 0.3) is 0 Å². The summed E-state index contributed by atoms with van der Waals surface area (Å²) in [5, 5.41) is 4.23. The number of hydrogen-bond donors (Lipinski definition) is 2. The highest BCUT2D eigenvalue weighted by Crippen LogP contribution is 2.29. The summed E-state index contributed by atoms with van der Waals surface area (Å²) in [6.45, 7) is 3.50. The highest BCUT2D eigenvalue weighted by atomic mass is 35.5. The fraction of sp³-hybridized carbons (Fsp3) is 0.542. The van der Waals surface area contributed by atoms with Crippen LogP contribution in [0.2, 0.25) is 10.0 Å². The van der Waals surface area contributed by atoms with E-state index in [9.17, 15) is 9.59 Å². The van der Waals surface area contributed by atoms with Crippen LogP contribution in [0.4, 0.5) is 0 Å². The van der Waals surface area contributed by atoms with Crippen LogP contribution >= 0.6 is 23.2 Å². The minimum absolute atomic E-state index is 0.0379. The van der Waals surface area contributed by atoms with Gasteiger partial charge in [-0.1, -0.05) is 42.1 Å². The number of carbonyl (C=O) groups excluding carboxylic acids is 2. The fourth-order valence-electron chi connectivity index (χ4n) is 4.06. The van der Waals surface area contributed by atoms with Gasteiger partial charge in [-0.2, -0.15) is 0 Å². The molecular formula is C24H32Cl2N4O2. The molecule has 1 saturated heterocycles. The number of Topliss-reactive ketones (excluding diaryl/α,β-unsaturated/α-hetero) is 1. The largest absolute Gasteiger partial charge is 0.346 e. The second-order valence-electron chi connectivity index (χ2n) is 8.75. The van der Waals surface area contributed by atoms with Crippen molar-refractivity contribution in [3.63, 3.8) is 0 Å². The quantitative estimate of drug-likeness (QED) is 0.446. The molecule has 0 spiro atoms. The number of likely N-dealkylation sites (tertiary alicyclic amines) is 1. The highest BCUT2D eigenvalue weighted by Gasteiger charge is 2.26. The summed E-state index contributed by atoms with van der Waals surface area (Å²) >= 11 is 12.2. The van der Waals surface area contributed by atoms with Gasteiger partial charge in [0.15, 0.2) is 0 Å².